The van der Waals surface area contributed by atoms with Crippen molar-refractivity contribution in [1.82, 2.24) is 4.98 Å². The Morgan fingerprint density at radius 1 is 1.64 bits per heavy atom. The number of oxazole rings is 1. The Hall–Kier alpha value is -1.37. The summed E-state index contributed by atoms with van der Waals surface area (Å²) in [7, 11) is -3.21. The van der Waals surface area contributed by atoms with Crippen LogP contribution < -0.4 is 0 Å². The average Bonchev–Trinajstić information content (AvgIpc) is 2.52. The minimum atomic E-state index is -3.21. The van der Waals surface area contributed by atoms with Gasteiger partial charge in [-0.25, -0.2) is 18.2 Å². The molecule has 0 bridgehead atoms. The smallest absolute Gasteiger partial charge is 0.392 e. The normalized spacial score (nSPS) is 11.5. The van der Waals surface area contributed by atoms with Gasteiger partial charge in [-0.05, 0) is 0 Å². The zero-order chi connectivity index (χ0) is 10.8. The largest absolute Gasteiger partial charge is 0.474 e. The third-order valence-corrected chi connectivity index (χ3v) is 3.14. The summed E-state index contributed by atoms with van der Waals surface area (Å²) in [6, 6.07) is 0. The van der Waals surface area contributed by atoms with Crippen molar-refractivity contribution in [2.24, 2.45) is 0 Å². The van der Waals surface area contributed by atoms with Crippen LogP contribution in [-0.2, 0) is 15.6 Å². The lowest BCUT2D eigenvalue weighted by molar-refractivity contribution is 0.0652. The zero-order valence-electron chi connectivity index (χ0n) is 7.43. The van der Waals surface area contributed by atoms with Gasteiger partial charge in [0.25, 0.3) is 0 Å². The zero-order valence-corrected chi connectivity index (χ0v) is 8.24. The second-order valence-electron chi connectivity index (χ2n) is 2.61. The Kier molecular flexibility index (Phi) is 2.90. The van der Waals surface area contributed by atoms with Gasteiger partial charge in [0.05, 0.1) is 6.20 Å². The number of carbonyl (C=O) groups is 1. The molecule has 78 valence electrons. The second-order valence-corrected chi connectivity index (χ2v) is 4.97. The number of hydrogen-bond acceptors (Lipinski definition) is 5. The van der Waals surface area contributed by atoms with Crippen molar-refractivity contribution in [1.29, 1.82) is 0 Å². The molecule has 1 heterocycles. The van der Waals surface area contributed by atoms with E-state index >= 15 is 0 Å². The van der Waals surface area contributed by atoms with Crippen LogP contribution in [0.1, 0.15) is 23.4 Å². The van der Waals surface area contributed by atoms with E-state index in [9.17, 15) is 13.2 Å². The van der Waals surface area contributed by atoms with Gasteiger partial charge in [0.1, 0.15) is 11.5 Å². The summed E-state index contributed by atoms with van der Waals surface area (Å²) < 4.78 is 26.9. The number of hydrogen-bond donors (Lipinski definition) is 1. The van der Waals surface area contributed by atoms with E-state index in [0.717, 1.165) is 6.20 Å². The van der Waals surface area contributed by atoms with Gasteiger partial charge in [0.15, 0.2) is 9.84 Å². The van der Waals surface area contributed by atoms with E-state index in [1.54, 1.807) is 0 Å². The summed E-state index contributed by atoms with van der Waals surface area (Å²) in [6.07, 6.45) is 1.11. The molecule has 0 saturated heterocycles. The van der Waals surface area contributed by atoms with Crippen LogP contribution >= 0.6 is 0 Å². The highest BCUT2D eigenvalue weighted by Gasteiger charge is 2.16. The lowest BCUT2D eigenvalue weighted by atomic mass is 10.6. The van der Waals surface area contributed by atoms with Gasteiger partial charge in [-0.1, -0.05) is 6.92 Å². The van der Waals surface area contributed by atoms with Crippen molar-refractivity contribution in [2.45, 2.75) is 12.7 Å². The molecule has 0 aliphatic rings. The van der Waals surface area contributed by atoms with E-state index in [1.165, 1.54) is 6.92 Å². The van der Waals surface area contributed by atoms with E-state index in [1.807, 2.05) is 0 Å². The minimum Gasteiger partial charge on any atom is -0.474 e. The van der Waals surface area contributed by atoms with Gasteiger partial charge in [-0.2, -0.15) is 0 Å². The van der Waals surface area contributed by atoms with Crippen LogP contribution in [0.5, 0.6) is 0 Å². The highest BCUT2D eigenvalue weighted by Crippen LogP contribution is 2.08. The molecule has 0 spiro atoms. The number of carboxylic acid groups (broad SMARTS) is 1. The molecule has 1 aromatic rings. The SMILES string of the molecule is CCS(=O)(=O)Cc1cnc(C(=O)O)o1. The molecule has 0 fully saturated rings. The second kappa shape index (κ2) is 3.79. The summed E-state index contributed by atoms with van der Waals surface area (Å²) in [5, 5.41) is 8.45. The van der Waals surface area contributed by atoms with E-state index in [4.69, 9.17) is 9.52 Å². The minimum absolute atomic E-state index is 0.0178. The fourth-order valence-corrected chi connectivity index (χ4v) is 1.56. The van der Waals surface area contributed by atoms with Crippen LogP contribution in [0.25, 0.3) is 0 Å². The highest BCUT2D eigenvalue weighted by molar-refractivity contribution is 7.90. The molecule has 7 heteroatoms. The van der Waals surface area contributed by atoms with Gasteiger partial charge >= 0.3 is 11.9 Å². The van der Waals surface area contributed by atoms with E-state index in [0.29, 0.717) is 0 Å². The third kappa shape index (κ3) is 2.56. The molecule has 6 nitrogen and oxygen atoms in total. The first-order chi connectivity index (χ1) is 6.44. The standard InChI is InChI=1S/C7H9NO5S/c1-2-14(11,12)4-5-3-8-6(13-5)7(9)10/h3H,2,4H2,1H3,(H,9,10). The maximum Gasteiger partial charge on any atom is 0.392 e. The molecule has 0 aliphatic carbocycles. The summed E-state index contributed by atoms with van der Waals surface area (Å²) in [4.78, 5) is 13.7. The molecular weight excluding hydrogens is 210 g/mol. The Morgan fingerprint density at radius 2 is 2.29 bits per heavy atom. The van der Waals surface area contributed by atoms with Gasteiger partial charge < -0.3 is 9.52 Å². The predicted molar refractivity (Wildman–Crippen MR) is 46.6 cm³/mol. The number of rotatable bonds is 4. The molecule has 14 heavy (non-hydrogen) atoms. The van der Waals surface area contributed by atoms with Gasteiger partial charge in [-0.3, -0.25) is 0 Å². The third-order valence-electron chi connectivity index (χ3n) is 1.54. The molecular formula is C7H9NO5S. The molecule has 0 radical (unpaired) electrons. The lowest BCUT2D eigenvalue weighted by Gasteiger charge is -1.95. The molecule has 0 unspecified atom stereocenters. The maximum atomic E-state index is 11.1. The maximum absolute atomic E-state index is 11.1. The van der Waals surface area contributed by atoms with Crippen LogP contribution in [0.2, 0.25) is 0 Å². The van der Waals surface area contributed by atoms with Crippen LogP contribution in [0, 0.1) is 0 Å². The van der Waals surface area contributed by atoms with Crippen molar-refractivity contribution in [3.63, 3.8) is 0 Å². The fraction of sp³-hybridized carbons (Fsp3) is 0.429. The Balaban J connectivity index is 2.84. The number of nitrogens with zero attached hydrogens (tertiary/aromatic N) is 1. The lowest BCUT2D eigenvalue weighted by Crippen LogP contribution is -2.05. The molecule has 0 amide bonds. The highest BCUT2D eigenvalue weighted by atomic mass is 32.2. The van der Waals surface area contributed by atoms with Crippen molar-refractivity contribution in [2.75, 3.05) is 5.75 Å². The van der Waals surface area contributed by atoms with Crippen molar-refractivity contribution in [3.8, 4) is 0 Å². The van der Waals surface area contributed by atoms with E-state index < -0.39 is 21.7 Å². The molecule has 0 saturated carbocycles. The molecule has 0 aliphatic heterocycles. The predicted octanol–water partition coefficient (Wildman–Crippen LogP) is 0.308. The topological polar surface area (TPSA) is 97.5 Å². The first kappa shape index (κ1) is 10.7. The Bertz CT molecular complexity index is 433. The average molecular weight is 219 g/mol. The Labute approximate surface area is 80.5 Å². The summed E-state index contributed by atoms with van der Waals surface area (Å²) >= 11 is 0. The van der Waals surface area contributed by atoms with E-state index in [2.05, 4.69) is 4.98 Å². The van der Waals surface area contributed by atoms with Gasteiger partial charge in [0.2, 0.25) is 0 Å². The first-order valence-corrected chi connectivity index (χ1v) is 5.65. The molecule has 1 N–H and O–H groups in total. The molecule has 0 aromatic carbocycles. The van der Waals surface area contributed by atoms with Crippen LogP contribution in [-0.4, -0.2) is 30.2 Å². The number of carboxylic acids is 1. The first-order valence-electron chi connectivity index (χ1n) is 3.83. The molecule has 1 rings (SSSR count). The fourth-order valence-electron chi connectivity index (χ4n) is 0.792. The quantitative estimate of drug-likeness (QED) is 0.782. The summed E-state index contributed by atoms with van der Waals surface area (Å²) in [6.45, 7) is 1.50. The Morgan fingerprint density at radius 3 is 2.71 bits per heavy atom. The van der Waals surface area contributed by atoms with Gasteiger partial charge in [0, 0.05) is 5.75 Å². The number of sulfone groups is 1. The number of aromatic carboxylic acids is 1. The molecule has 0 atom stereocenters. The monoisotopic (exact) mass is 219 g/mol. The number of aromatic nitrogens is 1. The van der Waals surface area contributed by atoms with Crippen molar-refractivity contribution >= 4 is 15.8 Å². The summed E-state index contributed by atoms with van der Waals surface area (Å²) in [5.74, 6) is -2.10. The van der Waals surface area contributed by atoms with Crippen molar-refractivity contribution in [3.05, 3.63) is 17.8 Å². The van der Waals surface area contributed by atoms with Crippen LogP contribution in [0.3, 0.4) is 0 Å². The van der Waals surface area contributed by atoms with Gasteiger partial charge in [-0.15, -0.1) is 0 Å². The molecule has 1 aromatic heterocycles. The van der Waals surface area contributed by atoms with E-state index in [-0.39, 0.29) is 17.3 Å². The van der Waals surface area contributed by atoms with Crippen LogP contribution in [0.4, 0.5) is 0 Å². The summed E-state index contributed by atoms with van der Waals surface area (Å²) in [5.41, 5.74) is 0. The van der Waals surface area contributed by atoms with Crippen LogP contribution in [0.15, 0.2) is 10.6 Å². The van der Waals surface area contributed by atoms with Crippen molar-refractivity contribution < 1.29 is 22.7 Å².